The molecule has 0 aliphatic carbocycles. The van der Waals surface area contributed by atoms with E-state index in [-0.39, 0.29) is 18.4 Å². The summed E-state index contributed by atoms with van der Waals surface area (Å²) in [5, 5.41) is 2.55. The maximum Gasteiger partial charge on any atom is 0.258 e. The summed E-state index contributed by atoms with van der Waals surface area (Å²) in [7, 11) is 6.54. The first-order valence-electron chi connectivity index (χ1n) is 11.0. The van der Waals surface area contributed by atoms with E-state index in [0.29, 0.717) is 41.6 Å². The number of alkyl halides is 1. The van der Waals surface area contributed by atoms with Gasteiger partial charge in [0.1, 0.15) is 17.0 Å². The van der Waals surface area contributed by atoms with Gasteiger partial charge in [0.05, 0.1) is 24.9 Å². The van der Waals surface area contributed by atoms with Gasteiger partial charge in [-0.3, -0.25) is 4.79 Å². The lowest BCUT2D eigenvalue weighted by atomic mass is 10.0. The highest BCUT2D eigenvalue weighted by molar-refractivity contribution is 7.27. The van der Waals surface area contributed by atoms with Crippen LogP contribution in [0.15, 0.2) is 42.9 Å². The van der Waals surface area contributed by atoms with Crippen LogP contribution in [0.5, 0.6) is 5.75 Å². The highest BCUT2D eigenvalue weighted by Crippen LogP contribution is 2.42. The molecule has 1 aromatic carbocycles. The predicted molar refractivity (Wildman–Crippen MR) is 140 cm³/mol. The van der Waals surface area contributed by atoms with Gasteiger partial charge in [0.15, 0.2) is 5.82 Å². The van der Waals surface area contributed by atoms with Crippen molar-refractivity contribution in [3.8, 4) is 16.9 Å². The van der Waals surface area contributed by atoms with Crippen LogP contribution < -0.4 is 20.3 Å². The maximum absolute atomic E-state index is 14.7. The van der Waals surface area contributed by atoms with E-state index in [1.54, 1.807) is 13.3 Å². The molecule has 3 aromatic rings. The Kier molecular flexibility index (Phi) is 7.11. The molecule has 178 valence electrons. The summed E-state index contributed by atoms with van der Waals surface area (Å²) >= 11 is 0. The van der Waals surface area contributed by atoms with Gasteiger partial charge in [0.2, 0.25) is 0 Å². The average Bonchev–Trinajstić information content (AvgIpc) is 3.18. The molecule has 2 aromatic heterocycles. The number of nitrogens with one attached hydrogen (secondary N) is 1. The fourth-order valence-electron chi connectivity index (χ4n) is 3.89. The number of ether oxygens (including phenoxy) is 1. The molecular weight excluding hydrogens is 471 g/mol. The van der Waals surface area contributed by atoms with Crippen molar-refractivity contribution in [2.75, 3.05) is 30.4 Å². The summed E-state index contributed by atoms with van der Waals surface area (Å²) in [4.78, 5) is 28.2. The van der Waals surface area contributed by atoms with Crippen LogP contribution in [0.3, 0.4) is 0 Å². The maximum atomic E-state index is 14.7. The second-order valence-corrected chi connectivity index (χ2v) is 10.4. The number of hydrogen-bond donors (Lipinski definition) is 1. The Bertz CT molecular complexity index is 1200. The number of pyridine rings is 1. The Labute approximate surface area is 203 Å². The molecule has 3 unspecified atom stereocenters. The lowest BCUT2D eigenvalue weighted by molar-refractivity contribution is 0.102. The van der Waals surface area contributed by atoms with E-state index in [9.17, 15) is 9.18 Å². The first-order chi connectivity index (χ1) is 16.2. The number of benzene rings is 1. The highest BCUT2D eigenvalue weighted by Gasteiger charge is 2.36. The fraction of sp³-hybridized carbons (Fsp3) is 0.333. The molecule has 34 heavy (non-hydrogen) atoms. The highest BCUT2D eigenvalue weighted by atomic mass is 31.0. The molecule has 3 heterocycles. The molecule has 4 rings (SSSR count). The van der Waals surface area contributed by atoms with Crippen LogP contribution in [-0.4, -0.2) is 46.5 Å². The van der Waals surface area contributed by atoms with E-state index in [2.05, 4.69) is 38.7 Å². The Morgan fingerprint density at radius 3 is 2.56 bits per heavy atom. The molecule has 7 nitrogen and oxygen atoms in total. The number of carbonyl (C=O) groups is 1. The lowest BCUT2D eigenvalue weighted by Crippen LogP contribution is -2.26. The summed E-state index contributed by atoms with van der Waals surface area (Å²) in [5.41, 5.74) is 2.32. The van der Waals surface area contributed by atoms with E-state index in [4.69, 9.17) is 4.74 Å². The normalized spacial score (nSPS) is 17.8. The third kappa shape index (κ3) is 5.18. The van der Waals surface area contributed by atoms with E-state index >= 15 is 0 Å². The molecule has 0 saturated carbocycles. The number of halogens is 1. The quantitative estimate of drug-likeness (QED) is 0.513. The van der Waals surface area contributed by atoms with Gasteiger partial charge >= 0.3 is 0 Å². The second-order valence-electron chi connectivity index (χ2n) is 8.66. The molecule has 0 bridgehead atoms. The second kappa shape index (κ2) is 9.89. The molecule has 1 N–H and O–H groups in total. The molecule has 1 saturated heterocycles. The smallest absolute Gasteiger partial charge is 0.258 e. The lowest BCUT2D eigenvalue weighted by Gasteiger charge is -2.24. The zero-order valence-corrected chi connectivity index (χ0v) is 21.7. The average molecular weight is 499 g/mol. The minimum atomic E-state index is -1.41. The van der Waals surface area contributed by atoms with Crippen molar-refractivity contribution in [2.24, 2.45) is 0 Å². The first kappa shape index (κ1) is 24.4. The standard InChI is InChI=1S/C24H28FN5O2P2/c1-14(2)21-27-11-15(12-28-21)23(31)29-20-17(18-10-16(33)4-5-19(18)32-3)6-8-26-22(20)30-9-7-24(25,34)13-30/h4-6,8,10-12,14H,7,9,13,33-34H2,1-3H3,(H,29,31). The molecule has 3 atom stereocenters. The van der Waals surface area contributed by atoms with Gasteiger partial charge in [0, 0.05) is 48.6 Å². The van der Waals surface area contributed by atoms with Crippen LogP contribution in [0, 0.1) is 0 Å². The fourth-order valence-corrected chi connectivity index (χ4v) is 4.50. The zero-order chi connectivity index (χ0) is 24.5. The number of amides is 1. The van der Waals surface area contributed by atoms with Crippen molar-refractivity contribution in [3.63, 3.8) is 0 Å². The number of rotatable bonds is 6. The third-order valence-electron chi connectivity index (χ3n) is 5.68. The Morgan fingerprint density at radius 2 is 1.94 bits per heavy atom. The van der Waals surface area contributed by atoms with Crippen molar-refractivity contribution in [1.82, 2.24) is 15.0 Å². The third-order valence-corrected chi connectivity index (χ3v) is 6.51. The summed E-state index contributed by atoms with van der Waals surface area (Å²) in [5.74, 6) is 1.60. The largest absolute Gasteiger partial charge is 0.496 e. The summed E-state index contributed by atoms with van der Waals surface area (Å²) in [6, 6.07) is 7.57. The SMILES string of the molecule is COc1ccc(P)cc1-c1ccnc(N2CCC(F)(P)C2)c1NC(=O)c1cnc(C(C)C)nc1. The van der Waals surface area contributed by atoms with Crippen LogP contribution in [0.1, 0.15) is 42.4 Å². The van der Waals surface area contributed by atoms with Crippen LogP contribution in [0.25, 0.3) is 11.1 Å². The minimum absolute atomic E-state index is 0.156. The van der Waals surface area contributed by atoms with E-state index in [0.717, 1.165) is 16.4 Å². The zero-order valence-electron chi connectivity index (χ0n) is 19.4. The number of nitrogens with zero attached hydrogens (tertiary/aromatic N) is 4. The van der Waals surface area contributed by atoms with Gasteiger partial charge in [-0.25, -0.2) is 19.3 Å². The van der Waals surface area contributed by atoms with Gasteiger partial charge in [0.25, 0.3) is 5.91 Å². The minimum Gasteiger partial charge on any atom is -0.496 e. The van der Waals surface area contributed by atoms with Crippen molar-refractivity contribution >= 4 is 41.2 Å². The molecule has 0 radical (unpaired) electrons. The predicted octanol–water partition coefficient (Wildman–Crippen LogP) is 4.17. The van der Waals surface area contributed by atoms with Gasteiger partial charge < -0.3 is 15.0 Å². The molecule has 1 fully saturated rings. The Morgan fingerprint density at radius 1 is 1.21 bits per heavy atom. The van der Waals surface area contributed by atoms with E-state index < -0.39 is 5.41 Å². The number of carbonyl (C=O) groups excluding carboxylic acids is 1. The molecule has 1 amide bonds. The summed E-state index contributed by atoms with van der Waals surface area (Å²) in [6.07, 6.45) is 5.05. The van der Waals surface area contributed by atoms with Crippen molar-refractivity contribution < 1.29 is 13.9 Å². The van der Waals surface area contributed by atoms with Gasteiger partial charge in [-0.15, -0.1) is 9.24 Å². The molecule has 1 aliphatic rings. The van der Waals surface area contributed by atoms with Crippen LogP contribution in [-0.2, 0) is 0 Å². The van der Waals surface area contributed by atoms with E-state index in [1.807, 2.05) is 43.0 Å². The summed E-state index contributed by atoms with van der Waals surface area (Å²) < 4.78 is 20.3. The molecule has 1 aliphatic heterocycles. The van der Waals surface area contributed by atoms with Crippen LogP contribution in [0.4, 0.5) is 15.9 Å². The van der Waals surface area contributed by atoms with Gasteiger partial charge in [-0.1, -0.05) is 29.2 Å². The van der Waals surface area contributed by atoms with E-state index in [1.165, 1.54) is 12.4 Å². The van der Waals surface area contributed by atoms with Gasteiger partial charge in [-0.05, 0) is 23.5 Å². The topological polar surface area (TPSA) is 80.2 Å². The van der Waals surface area contributed by atoms with Crippen LogP contribution in [0.2, 0.25) is 0 Å². The molecule has 10 heteroatoms. The van der Waals surface area contributed by atoms with Gasteiger partial charge in [-0.2, -0.15) is 0 Å². The number of anilines is 2. The van der Waals surface area contributed by atoms with Crippen molar-refractivity contribution in [2.45, 2.75) is 31.6 Å². The molecule has 0 spiro atoms. The Balaban J connectivity index is 1.80. The molecular formula is C24H28FN5O2P2. The number of methoxy groups -OCH3 is 1. The van der Waals surface area contributed by atoms with Crippen LogP contribution >= 0.6 is 18.5 Å². The Hall–Kier alpha value is -2.69. The number of aromatic nitrogens is 3. The monoisotopic (exact) mass is 499 g/mol. The number of hydrogen-bond acceptors (Lipinski definition) is 6. The van der Waals surface area contributed by atoms with Crippen molar-refractivity contribution in [1.29, 1.82) is 0 Å². The first-order valence-corrected chi connectivity index (χ1v) is 12.1. The summed E-state index contributed by atoms with van der Waals surface area (Å²) in [6.45, 7) is 4.61. The van der Waals surface area contributed by atoms with Crippen molar-refractivity contribution in [3.05, 3.63) is 54.2 Å².